The molecule has 1 saturated heterocycles. The molecule has 1 N–H and O–H groups in total. The normalized spacial score (nSPS) is 18.6. The molecule has 0 saturated carbocycles. The first kappa shape index (κ1) is 15.5. The number of esters is 1. The Morgan fingerprint density at radius 1 is 1.43 bits per heavy atom. The lowest BCUT2D eigenvalue weighted by atomic mass is 10.1. The summed E-state index contributed by atoms with van der Waals surface area (Å²) < 4.78 is 5.00. The molecule has 1 aliphatic heterocycles. The highest BCUT2D eigenvalue weighted by Crippen LogP contribution is 2.23. The molecular formula is C16H21NO4. The fourth-order valence-corrected chi connectivity index (χ4v) is 2.78. The maximum Gasteiger partial charge on any atom is 0.338 e. The molecule has 21 heavy (non-hydrogen) atoms. The minimum atomic E-state index is -0.757. The predicted molar refractivity (Wildman–Crippen MR) is 78.1 cm³/mol. The van der Waals surface area contributed by atoms with Crippen LogP contribution in [0.15, 0.2) is 24.3 Å². The van der Waals surface area contributed by atoms with Crippen molar-refractivity contribution in [1.29, 1.82) is 0 Å². The number of hydrogen-bond acceptors (Lipinski definition) is 4. The van der Waals surface area contributed by atoms with E-state index in [2.05, 4.69) is 4.90 Å². The van der Waals surface area contributed by atoms with Crippen molar-refractivity contribution >= 4 is 11.9 Å². The summed E-state index contributed by atoms with van der Waals surface area (Å²) in [5, 5.41) is 8.95. The van der Waals surface area contributed by atoms with Crippen molar-refractivity contribution in [3.05, 3.63) is 35.4 Å². The summed E-state index contributed by atoms with van der Waals surface area (Å²) in [7, 11) is 0. The highest BCUT2D eigenvalue weighted by Gasteiger charge is 2.26. The molecule has 0 spiro atoms. The number of benzene rings is 1. The van der Waals surface area contributed by atoms with Gasteiger partial charge in [-0.15, -0.1) is 0 Å². The van der Waals surface area contributed by atoms with Crippen molar-refractivity contribution in [1.82, 2.24) is 4.90 Å². The molecule has 1 unspecified atom stereocenters. The average Bonchev–Trinajstić information content (AvgIpc) is 2.86. The number of nitrogens with zero attached hydrogens (tertiary/aromatic N) is 1. The van der Waals surface area contributed by atoms with E-state index in [1.54, 1.807) is 13.0 Å². The van der Waals surface area contributed by atoms with Crippen molar-refractivity contribution in [2.45, 2.75) is 38.8 Å². The molecule has 114 valence electrons. The lowest BCUT2D eigenvalue weighted by Gasteiger charge is -2.23. The zero-order chi connectivity index (χ0) is 15.2. The van der Waals surface area contributed by atoms with E-state index in [1.807, 2.05) is 18.2 Å². The third-order valence-corrected chi connectivity index (χ3v) is 3.73. The van der Waals surface area contributed by atoms with E-state index in [9.17, 15) is 9.59 Å². The van der Waals surface area contributed by atoms with Gasteiger partial charge in [0, 0.05) is 12.6 Å². The van der Waals surface area contributed by atoms with Gasteiger partial charge in [0.15, 0.2) is 0 Å². The maximum absolute atomic E-state index is 11.7. The highest BCUT2D eigenvalue weighted by atomic mass is 16.5. The first-order chi connectivity index (χ1) is 10.1. The van der Waals surface area contributed by atoms with Crippen LogP contribution in [0.4, 0.5) is 0 Å². The van der Waals surface area contributed by atoms with Crippen molar-refractivity contribution < 1.29 is 19.4 Å². The van der Waals surface area contributed by atoms with Gasteiger partial charge in [0.25, 0.3) is 0 Å². The summed E-state index contributed by atoms with van der Waals surface area (Å²) in [6, 6.07) is 7.45. The van der Waals surface area contributed by atoms with Crippen LogP contribution in [-0.2, 0) is 16.1 Å². The second-order valence-corrected chi connectivity index (χ2v) is 5.29. The Bertz CT molecular complexity index is 515. The second kappa shape index (κ2) is 7.22. The molecule has 0 radical (unpaired) electrons. The summed E-state index contributed by atoms with van der Waals surface area (Å²) in [6.45, 7) is 3.71. The number of carboxylic acids is 1. The number of rotatable bonds is 6. The molecule has 5 heteroatoms. The van der Waals surface area contributed by atoms with Crippen LogP contribution in [0.3, 0.4) is 0 Å². The van der Waals surface area contributed by atoms with Crippen LogP contribution in [-0.4, -0.2) is 41.1 Å². The quantitative estimate of drug-likeness (QED) is 0.815. The Hall–Kier alpha value is -1.88. The molecular weight excluding hydrogens is 270 g/mol. The van der Waals surface area contributed by atoms with E-state index in [0.717, 1.165) is 24.9 Å². The third-order valence-electron chi connectivity index (χ3n) is 3.73. The minimum Gasteiger partial charge on any atom is -0.481 e. The minimum absolute atomic E-state index is 0.0914. The first-order valence-electron chi connectivity index (χ1n) is 7.32. The number of ether oxygens (including phenoxy) is 1. The Morgan fingerprint density at radius 2 is 2.24 bits per heavy atom. The summed E-state index contributed by atoms with van der Waals surface area (Å²) >= 11 is 0. The van der Waals surface area contributed by atoms with E-state index in [1.165, 1.54) is 0 Å². The van der Waals surface area contributed by atoms with Crippen molar-refractivity contribution in [3.8, 4) is 0 Å². The Kier molecular flexibility index (Phi) is 5.33. The standard InChI is InChI=1S/C16H21NO4/c1-2-21-16(20)13-6-3-5-12(9-13)11-17-8-4-7-14(17)10-15(18)19/h3,5-6,9,14H,2,4,7-8,10-11H2,1H3,(H,18,19). The molecule has 0 aliphatic carbocycles. The van der Waals surface area contributed by atoms with Crippen molar-refractivity contribution in [3.63, 3.8) is 0 Å². The van der Waals surface area contributed by atoms with Gasteiger partial charge in [-0.25, -0.2) is 4.79 Å². The van der Waals surface area contributed by atoms with E-state index in [0.29, 0.717) is 18.7 Å². The number of carbonyl (C=O) groups excluding carboxylic acids is 1. The van der Waals surface area contributed by atoms with Gasteiger partial charge >= 0.3 is 11.9 Å². The van der Waals surface area contributed by atoms with Crippen LogP contribution in [0.1, 0.15) is 42.1 Å². The zero-order valence-corrected chi connectivity index (χ0v) is 12.2. The molecule has 1 fully saturated rings. The Labute approximate surface area is 124 Å². The smallest absolute Gasteiger partial charge is 0.338 e. The van der Waals surface area contributed by atoms with Crippen LogP contribution >= 0.6 is 0 Å². The topological polar surface area (TPSA) is 66.8 Å². The van der Waals surface area contributed by atoms with Crippen LogP contribution in [0.5, 0.6) is 0 Å². The summed E-state index contributed by atoms with van der Waals surface area (Å²) in [5.74, 6) is -1.07. The molecule has 0 bridgehead atoms. The third kappa shape index (κ3) is 4.29. The van der Waals surface area contributed by atoms with E-state index in [-0.39, 0.29) is 18.4 Å². The van der Waals surface area contributed by atoms with Crippen LogP contribution in [0.2, 0.25) is 0 Å². The average molecular weight is 291 g/mol. The van der Waals surface area contributed by atoms with Crippen LogP contribution in [0.25, 0.3) is 0 Å². The van der Waals surface area contributed by atoms with Gasteiger partial charge in [0.05, 0.1) is 18.6 Å². The van der Waals surface area contributed by atoms with E-state index in [4.69, 9.17) is 9.84 Å². The number of likely N-dealkylation sites (tertiary alicyclic amines) is 1. The Morgan fingerprint density at radius 3 is 2.95 bits per heavy atom. The summed E-state index contributed by atoms with van der Waals surface area (Å²) in [5.41, 5.74) is 1.56. The molecule has 1 aromatic carbocycles. The summed E-state index contributed by atoms with van der Waals surface area (Å²) in [6.07, 6.45) is 2.12. The highest BCUT2D eigenvalue weighted by molar-refractivity contribution is 5.89. The fraction of sp³-hybridized carbons (Fsp3) is 0.500. The molecule has 0 amide bonds. The van der Waals surface area contributed by atoms with Gasteiger partial charge < -0.3 is 9.84 Å². The van der Waals surface area contributed by atoms with Gasteiger partial charge in [-0.2, -0.15) is 0 Å². The monoisotopic (exact) mass is 291 g/mol. The zero-order valence-electron chi connectivity index (χ0n) is 12.2. The number of hydrogen-bond donors (Lipinski definition) is 1. The number of carboxylic acid groups (broad SMARTS) is 1. The number of carbonyl (C=O) groups is 2. The van der Waals surface area contributed by atoms with Crippen LogP contribution in [0, 0.1) is 0 Å². The molecule has 5 nitrogen and oxygen atoms in total. The Balaban J connectivity index is 2.03. The van der Waals surface area contributed by atoms with E-state index < -0.39 is 5.97 Å². The molecule has 1 heterocycles. The molecule has 1 aliphatic rings. The SMILES string of the molecule is CCOC(=O)c1cccc(CN2CCCC2CC(=O)O)c1. The van der Waals surface area contributed by atoms with Gasteiger partial charge in [-0.3, -0.25) is 9.69 Å². The summed E-state index contributed by atoms with van der Waals surface area (Å²) in [4.78, 5) is 24.8. The lowest BCUT2D eigenvalue weighted by Crippen LogP contribution is -2.30. The van der Waals surface area contributed by atoms with Crippen LogP contribution < -0.4 is 0 Å². The maximum atomic E-state index is 11.7. The van der Waals surface area contributed by atoms with Crippen molar-refractivity contribution in [2.24, 2.45) is 0 Å². The molecule has 0 aromatic heterocycles. The lowest BCUT2D eigenvalue weighted by molar-refractivity contribution is -0.138. The first-order valence-corrected chi connectivity index (χ1v) is 7.32. The van der Waals surface area contributed by atoms with E-state index >= 15 is 0 Å². The van der Waals surface area contributed by atoms with Crippen molar-refractivity contribution in [2.75, 3.05) is 13.2 Å². The molecule has 1 aromatic rings. The second-order valence-electron chi connectivity index (χ2n) is 5.29. The fourth-order valence-electron chi connectivity index (χ4n) is 2.78. The molecule has 1 atom stereocenters. The number of aliphatic carboxylic acids is 1. The van der Waals surface area contributed by atoms with Gasteiger partial charge in [-0.1, -0.05) is 12.1 Å². The van der Waals surface area contributed by atoms with Gasteiger partial charge in [0.2, 0.25) is 0 Å². The molecule has 2 rings (SSSR count). The predicted octanol–water partition coefficient (Wildman–Crippen LogP) is 2.30. The van der Waals surface area contributed by atoms with Gasteiger partial charge in [-0.05, 0) is 44.0 Å². The van der Waals surface area contributed by atoms with Gasteiger partial charge in [0.1, 0.15) is 0 Å². The largest absolute Gasteiger partial charge is 0.481 e.